The van der Waals surface area contributed by atoms with Crippen LogP contribution in [0.4, 0.5) is 0 Å². The number of amides is 2. The highest BCUT2D eigenvalue weighted by atomic mass is 32.1. The minimum absolute atomic E-state index is 0.0464. The van der Waals surface area contributed by atoms with Crippen molar-refractivity contribution < 1.29 is 9.59 Å². The lowest BCUT2D eigenvalue weighted by atomic mass is 9.96. The second-order valence-electron chi connectivity index (χ2n) is 7.46. The predicted molar refractivity (Wildman–Crippen MR) is 100 cm³/mol. The third-order valence-electron chi connectivity index (χ3n) is 5.35. The van der Waals surface area contributed by atoms with Crippen LogP contribution in [0, 0.1) is 17.8 Å². The SMILES string of the molecule is CC1CC1C(=O)NCCC(=O)NCC1CCN(Cc2cccs2)CC1. The van der Waals surface area contributed by atoms with Gasteiger partial charge in [-0.15, -0.1) is 11.3 Å². The quantitative estimate of drug-likeness (QED) is 0.745. The van der Waals surface area contributed by atoms with Gasteiger partial charge in [0.15, 0.2) is 0 Å². The van der Waals surface area contributed by atoms with Crippen LogP contribution in [0.5, 0.6) is 0 Å². The number of nitrogens with zero attached hydrogens (tertiary/aromatic N) is 1. The van der Waals surface area contributed by atoms with E-state index in [4.69, 9.17) is 0 Å². The third-order valence-corrected chi connectivity index (χ3v) is 6.21. The molecule has 6 heteroatoms. The molecule has 138 valence electrons. The second-order valence-corrected chi connectivity index (χ2v) is 8.50. The van der Waals surface area contributed by atoms with E-state index in [1.54, 1.807) is 0 Å². The van der Waals surface area contributed by atoms with Gasteiger partial charge in [0.2, 0.25) is 11.8 Å². The maximum atomic E-state index is 11.9. The second kappa shape index (κ2) is 8.81. The number of hydrogen-bond donors (Lipinski definition) is 2. The molecule has 0 radical (unpaired) electrons. The minimum atomic E-state index is 0.0464. The molecule has 1 aliphatic carbocycles. The lowest BCUT2D eigenvalue weighted by Gasteiger charge is -2.31. The zero-order chi connectivity index (χ0) is 17.6. The first kappa shape index (κ1) is 18.4. The van der Waals surface area contributed by atoms with Gasteiger partial charge < -0.3 is 10.6 Å². The molecular weight excluding hydrogens is 334 g/mol. The van der Waals surface area contributed by atoms with E-state index in [-0.39, 0.29) is 17.7 Å². The van der Waals surface area contributed by atoms with E-state index in [9.17, 15) is 9.59 Å². The van der Waals surface area contributed by atoms with Gasteiger partial charge in [0.1, 0.15) is 0 Å². The highest BCUT2D eigenvalue weighted by Crippen LogP contribution is 2.37. The standard InChI is InChI=1S/C19H29N3O2S/c1-14-11-17(14)19(24)20-7-4-18(23)21-12-15-5-8-22(9-6-15)13-16-3-2-10-25-16/h2-3,10,14-15,17H,4-9,11-13H2,1H3,(H,20,24)(H,21,23). The number of hydrogen-bond acceptors (Lipinski definition) is 4. The first-order valence-corrected chi connectivity index (χ1v) is 10.3. The monoisotopic (exact) mass is 363 g/mol. The molecule has 5 nitrogen and oxygen atoms in total. The molecule has 25 heavy (non-hydrogen) atoms. The van der Waals surface area contributed by atoms with Crippen LogP contribution in [-0.4, -0.2) is 42.9 Å². The number of piperidine rings is 1. The van der Waals surface area contributed by atoms with E-state index in [2.05, 4.69) is 40.0 Å². The maximum absolute atomic E-state index is 11.9. The molecule has 2 heterocycles. The summed E-state index contributed by atoms with van der Waals surface area (Å²) >= 11 is 1.82. The zero-order valence-corrected chi connectivity index (χ0v) is 15.8. The van der Waals surface area contributed by atoms with Gasteiger partial charge in [-0.2, -0.15) is 0 Å². The van der Waals surface area contributed by atoms with Crippen LogP contribution in [0.25, 0.3) is 0 Å². The smallest absolute Gasteiger partial charge is 0.223 e. The highest BCUT2D eigenvalue weighted by molar-refractivity contribution is 7.09. The summed E-state index contributed by atoms with van der Waals surface area (Å²) in [5.41, 5.74) is 0. The Balaban J connectivity index is 1.24. The first-order valence-electron chi connectivity index (χ1n) is 9.41. The molecule has 2 amide bonds. The lowest BCUT2D eigenvalue weighted by Crippen LogP contribution is -2.39. The van der Waals surface area contributed by atoms with E-state index >= 15 is 0 Å². The van der Waals surface area contributed by atoms with Gasteiger partial charge in [0, 0.05) is 36.9 Å². The van der Waals surface area contributed by atoms with Crippen molar-refractivity contribution in [3.8, 4) is 0 Å². The molecule has 1 aliphatic heterocycles. The Bertz CT molecular complexity index is 567. The van der Waals surface area contributed by atoms with Crippen LogP contribution >= 0.6 is 11.3 Å². The molecule has 1 saturated carbocycles. The molecule has 1 aromatic heterocycles. The highest BCUT2D eigenvalue weighted by Gasteiger charge is 2.38. The summed E-state index contributed by atoms with van der Waals surface area (Å²) in [4.78, 5) is 27.5. The van der Waals surface area contributed by atoms with E-state index in [0.29, 0.717) is 24.8 Å². The van der Waals surface area contributed by atoms with Crippen LogP contribution < -0.4 is 10.6 Å². The largest absolute Gasteiger partial charge is 0.356 e. The van der Waals surface area contributed by atoms with Gasteiger partial charge in [-0.25, -0.2) is 0 Å². The van der Waals surface area contributed by atoms with Gasteiger partial charge in [0.25, 0.3) is 0 Å². The van der Waals surface area contributed by atoms with Crippen LogP contribution in [0.2, 0.25) is 0 Å². The normalized spacial score (nSPS) is 24.0. The summed E-state index contributed by atoms with van der Waals surface area (Å²) in [5, 5.41) is 8.03. The molecule has 2 fully saturated rings. The number of likely N-dealkylation sites (tertiary alicyclic amines) is 1. The minimum Gasteiger partial charge on any atom is -0.356 e. The average molecular weight is 364 g/mol. The van der Waals surface area contributed by atoms with Gasteiger partial charge in [0.05, 0.1) is 0 Å². The van der Waals surface area contributed by atoms with Crippen LogP contribution in [0.3, 0.4) is 0 Å². The maximum Gasteiger partial charge on any atom is 0.223 e. The van der Waals surface area contributed by atoms with E-state index in [0.717, 1.165) is 45.4 Å². The fourth-order valence-electron chi connectivity index (χ4n) is 3.44. The molecule has 2 atom stereocenters. The summed E-state index contributed by atoms with van der Waals surface area (Å²) in [7, 11) is 0. The molecule has 0 aromatic carbocycles. The van der Waals surface area contributed by atoms with Crippen LogP contribution in [0.15, 0.2) is 17.5 Å². The summed E-state index contributed by atoms with van der Waals surface area (Å²) in [6.07, 6.45) is 3.65. The third kappa shape index (κ3) is 5.82. The van der Waals surface area contributed by atoms with Gasteiger partial charge >= 0.3 is 0 Å². The Morgan fingerprint density at radius 2 is 2.04 bits per heavy atom. The van der Waals surface area contributed by atoms with Crippen molar-refractivity contribution >= 4 is 23.2 Å². The van der Waals surface area contributed by atoms with Crippen LogP contribution in [-0.2, 0) is 16.1 Å². The molecule has 2 N–H and O–H groups in total. The topological polar surface area (TPSA) is 61.4 Å². The number of carbonyl (C=O) groups is 2. The van der Waals surface area contributed by atoms with E-state index in [1.807, 2.05) is 11.3 Å². The lowest BCUT2D eigenvalue weighted by molar-refractivity contribution is -0.123. The Labute approximate surface area is 154 Å². The summed E-state index contributed by atoms with van der Waals surface area (Å²) in [6, 6.07) is 4.30. The fourth-order valence-corrected chi connectivity index (χ4v) is 4.18. The van der Waals surface area contributed by atoms with Crippen molar-refractivity contribution in [3.05, 3.63) is 22.4 Å². The molecule has 0 spiro atoms. The average Bonchev–Trinajstić information content (AvgIpc) is 3.12. The Kier molecular flexibility index (Phi) is 6.48. The van der Waals surface area contributed by atoms with Crippen molar-refractivity contribution in [3.63, 3.8) is 0 Å². The van der Waals surface area contributed by atoms with E-state index < -0.39 is 0 Å². The molecule has 1 saturated heterocycles. The summed E-state index contributed by atoms with van der Waals surface area (Å²) in [5.74, 6) is 1.43. The molecule has 0 bridgehead atoms. The Morgan fingerprint density at radius 1 is 1.28 bits per heavy atom. The van der Waals surface area contributed by atoms with Crippen LogP contribution in [0.1, 0.15) is 37.5 Å². The van der Waals surface area contributed by atoms with Crippen molar-refractivity contribution in [1.29, 1.82) is 0 Å². The number of thiophene rings is 1. The number of carbonyl (C=O) groups excluding carboxylic acids is 2. The van der Waals surface area contributed by atoms with Gasteiger partial charge in [-0.05, 0) is 55.6 Å². The molecule has 2 aliphatic rings. The van der Waals surface area contributed by atoms with E-state index in [1.165, 1.54) is 4.88 Å². The number of rotatable bonds is 8. The Morgan fingerprint density at radius 3 is 2.68 bits per heavy atom. The number of nitrogens with one attached hydrogen (secondary N) is 2. The summed E-state index contributed by atoms with van der Waals surface area (Å²) < 4.78 is 0. The van der Waals surface area contributed by atoms with Gasteiger partial charge in [-0.1, -0.05) is 13.0 Å². The molecule has 3 rings (SSSR count). The molecule has 2 unspecified atom stereocenters. The predicted octanol–water partition coefficient (Wildman–Crippen LogP) is 2.24. The summed E-state index contributed by atoms with van der Waals surface area (Å²) in [6.45, 7) is 6.56. The fraction of sp³-hybridized carbons (Fsp3) is 0.684. The van der Waals surface area contributed by atoms with Crippen molar-refractivity contribution in [1.82, 2.24) is 15.5 Å². The first-order chi connectivity index (χ1) is 12.1. The van der Waals surface area contributed by atoms with Crippen molar-refractivity contribution in [2.75, 3.05) is 26.2 Å². The molecule has 1 aromatic rings. The van der Waals surface area contributed by atoms with Crippen molar-refractivity contribution in [2.45, 2.75) is 39.2 Å². The van der Waals surface area contributed by atoms with Gasteiger partial charge in [-0.3, -0.25) is 14.5 Å². The zero-order valence-electron chi connectivity index (χ0n) is 15.0. The molecular formula is C19H29N3O2S. The van der Waals surface area contributed by atoms with Crippen molar-refractivity contribution in [2.24, 2.45) is 17.8 Å². The Hall–Kier alpha value is -1.40.